The fraction of sp³-hybridized carbons (Fsp3) is 0.615. The Hall–Kier alpha value is -2.09. The lowest BCUT2D eigenvalue weighted by Gasteiger charge is -2.36. The highest BCUT2D eigenvalue weighted by Crippen LogP contribution is 2.43. The van der Waals surface area contributed by atoms with Gasteiger partial charge in [0, 0.05) is 56.9 Å². The van der Waals surface area contributed by atoms with E-state index in [0.717, 1.165) is 65.3 Å². The topological polar surface area (TPSA) is 97.2 Å². The van der Waals surface area contributed by atoms with Crippen LogP contribution in [0.3, 0.4) is 0 Å². The van der Waals surface area contributed by atoms with E-state index in [4.69, 9.17) is 14.6 Å². The zero-order valence-electron chi connectivity index (χ0n) is 21.9. The van der Waals surface area contributed by atoms with Gasteiger partial charge in [-0.15, -0.1) is 12.4 Å². The fourth-order valence-electron chi connectivity index (χ4n) is 6.06. The van der Waals surface area contributed by atoms with E-state index in [9.17, 15) is 17.6 Å². The first-order valence-electron chi connectivity index (χ1n) is 13.4. The van der Waals surface area contributed by atoms with E-state index in [1.165, 1.54) is 12.1 Å². The molecule has 4 aliphatic heterocycles. The Balaban J connectivity index is 0.00000308. The number of nitrogens with zero attached hydrogens (tertiary/aromatic N) is 5. The van der Waals surface area contributed by atoms with E-state index in [-0.39, 0.29) is 34.9 Å². The van der Waals surface area contributed by atoms with E-state index in [2.05, 4.69) is 9.80 Å². The molecule has 10 nitrogen and oxygen atoms in total. The molecular formula is C26H35ClFN5O5S. The molecule has 0 bridgehead atoms. The SMILES string of the molecule is Cl.O=C(c1nn(C2CCCN(CCN3CCOCC3)C2)c2c1CS(=O)(=O)c1c(F)cccc1-2)N1CCOCC1. The number of morpholine rings is 2. The van der Waals surface area contributed by atoms with E-state index in [1.807, 2.05) is 4.68 Å². The average molecular weight is 584 g/mol. The van der Waals surface area contributed by atoms with Gasteiger partial charge in [-0.05, 0) is 25.5 Å². The third kappa shape index (κ3) is 5.59. The summed E-state index contributed by atoms with van der Waals surface area (Å²) in [6.07, 6.45) is 1.81. The van der Waals surface area contributed by atoms with Crippen molar-refractivity contribution in [1.29, 1.82) is 0 Å². The monoisotopic (exact) mass is 583 g/mol. The van der Waals surface area contributed by atoms with E-state index in [0.29, 0.717) is 43.1 Å². The fourth-order valence-corrected chi connectivity index (χ4v) is 7.72. The van der Waals surface area contributed by atoms with Gasteiger partial charge in [0.1, 0.15) is 10.7 Å². The van der Waals surface area contributed by atoms with Gasteiger partial charge in [-0.3, -0.25) is 19.3 Å². The molecule has 0 N–H and O–H groups in total. The summed E-state index contributed by atoms with van der Waals surface area (Å²) in [5.41, 5.74) is 1.40. The summed E-state index contributed by atoms with van der Waals surface area (Å²) in [6, 6.07) is 4.28. The molecule has 6 rings (SSSR count). The predicted molar refractivity (Wildman–Crippen MR) is 144 cm³/mol. The lowest BCUT2D eigenvalue weighted by atomic mass is 10.0. The van der Waals surface area contributed by atoms with Crippen LogP contribution in [0, 0.1) is 5.82 Å². The molecule has 214 valence electrons. The Morgan fingerprint density at radius 1 is 1.00 bits per heavy atom. The summed E-state index contributed by atoms with van der Waals surface area (Å²) in [5, 5.41) is 4.81. The smallest absolute Gasteiger partial charge is 0.274 e. The van der Waals surface area contributed by atoms with Crippen molar-refractivity contribution in [2.45, 2.75) is 29.5 Å². The maximum atomic E-state index is 14.9. The maximum absolute atomic E-state index is 14.9. The first-order chi connectivity index (χ1) is 18.4. The number of carbonyl (C=O) groups excluding carboxylic acids is 1. The minimum Gasteiger partial charge on any atom is -0.379 e. The number of benzene rings is 1. The van der Waals surface area contributed by atoms with E-state index >= 15 is 0 Å². The van der Waals surface area contributed by atoms with Crippen LogP contribution in [0.1, 0.15) is 34.9 Å². The molecule has 39 heavy (non-hydrogen) atoms. The number of likely N-dealkylation sites (tertiary alicyclic amines) is 1. The van der Waals surface area contributed by atoms with Gasteiger partial charge in [-0.25, -0.2) is 12.8 Å². The van der Waals surface area contributed by atoms with Crippen molar-refractivity contribution < 1.29 is 27.1 Å². The Labute approximate surface area is 234 Å². The zero-order valence-corrected chi connectivity index (χ0v) is 23.5. The molecule has 1 unspecified atom stereocenters. The van der Waals surface area contributed by atoms with Gasteiger partial charge in [0.2, 0.25) is 0 Å². The Morgan fingerprint density at radius 2 is 1.69 bits per heavy atom. The third-order valence-corrected chi connectivity index (χ3v) is 9.75. The van der Waals surface area contributed by atoms with Crippen LogP contribution in [0.4, 0.5) is 4.39 Å². The van der Waals surface area contributed by atoms with Crippen LogP contribution >= 0.6 is 12.4 Å². The van der Waals surface area contributed by atoms with Crippen molar-refractivity contribution in [1.82, 2.24) is 24.5 Å². The highest BCUT2D eigenvalue weighted by molar-refractivity contribution is 7.91. The molecule has 4 aliphatic rings. The molecule has 3 fully saturated rings. The number of piperidine rings is 1. The van der Waals surface area contributed by atoms with Gasteiger partial charge in [0.25, 0.3) is 5.91 Å². The Kier molecular flexibility index (Phi) is 8.60. The second-order valence-electron chi connectivity index (χ2n) is 10.5. The average Bonchev–Trinajstić information content (AvgIpc) is 3.31. The summed E-state index contributed by atoms with van der Waals surface area (Å²) in [4.78, 5) is 19.8. The number of aromatic nitrogens is 2. The number of amides is 1. The van der Waals surface area contributed by atoms with Crippen LogP contribution in [-0.4, -0.2) is 118 Å². The van der Waals surface area contributed by atoms with Gasteiger partial charge in [-0.2, -0.15) is 5.10 Å². The molecule has 0 saturated carbocycles. The zero-order chi connectivity index (χ0) is 26.3. The minimum atomic E-state index is -3.97. The number of fused-ring (bicyclic) bond motifs is 3. The quantitative estimate of drug-likeness (QED) is 0.526. The van der Waals surface area contributed by atoms with Gasteiger partial charge < -0.3 is 14.4 Å². The lowest BCUT2D eigenvalue weighted by molar-refractivity contribution is 0.0294. The molecule has 1 aromatic carbocycles. The Bertz CT molecular complexity index is 1310. The molecule has 1 aromatic heterocycles. The molecule has 5 heterocycles. The van der Waals surface area contributed by atoms with Gasteiger partial charge in [0.05, 0.1) is 43.9 Å². The summed E-state index contributed by atoms with van der Waals surface area (Å²) in [5.74, 6) is -1.49. The van der Waals surface area contributed by atoms with Crippen molar-refractivity contribution in [3.63, 3.8) is 0 Å². The maximum Gasteiger partial charge on any atom is 0.274 e. The second-order valence-corrected chi connectivity index (χ2v) is 12.4. The standard InChI is InChI=1S/C26H34FN5O5S.ClH/c27-22-5-1-4-20-24-21(18-38(34,35)25(20)22)23(26(33)31-11-15-37-16-12-31)28-32(24)19-3-2-6-30(17-19)8-7-29-9-13-36-14-10-29;/h1,4-5,19H,2-3,6-18H2;1H. The number of hydrogen-bond donors (Lipinski definition) is 0. The first-order valence-corrected chi connectivity index (χ1v) is 15.1. The number of hydrogen-bond acceptors (Lipinski definition) is 8. The molecule has 0 aliphatic carbocycles. The van der Waals surface area contributed by atoms with Crippen LogP contribution < -0.4 is 0 Å². The highest BCUT2D eigenvalue weighted by Gasteiger charge is 2.40. The molecule has 0 radical (unpaired) electrons. The highest BCUT2D eigenvalue weighted by atomic mass is 35.5. The third-order valence-electron chi connectivity index (χ3n) is 8.04. The normalized spacial score (nSPS) is 23.5. The van der Waals surface area contributed by atoms with E-state index < -0.39 is 21.4 Å². The van der Waals surface area contributed by atoms with Gasteiger partial charge in [-0.1, -0.05) is 12.1 Å². The van der Waals surface area contributed by atoms with Crippen molar-refractivity contribution >= 4 is 28.2 Å². The summed E-state index contributed by atoms with van der Waals surface area (Å²) in [7, 11) is -3.97. The number of sulfone groups is 1. The van der Waals surface area contributed by atoms with Crippen LogP contribution in [0.2, 0.25) is 0 Å². The molecular weight excluding hydrogens is 549 g/mol. The van der Waals surface area contributed by atoms with Crippen molar-refractivity contribution in [2.75, 3.05) is 78.8 Å². The molecule has 13 heteroatoms. The minimum absolute atomic E-state index is 0. The second kappa shape index (κ2) is 11.8. The largest absolute Gasteiger partial charge is 0.379 e. The van der Waals surface area contributed by atoms with Crippen molar-refractivity contribution in [2.24, 2.45) is 0 Å². The number of ether oxygens (including phenoxy) is 2. The number of carbonyl (C=O) groups is 1. The summed E-state index contributed by atoms with van der Waals surface area (Å²) < 4.78 is 54.1. The number of rotatable bonds is 5. The molecule has 1 amide bonds. The summed E-state index contributed by atoms with van der Waals surface area (Å²) >= 11 is 0. The predicted octanol–water partition coefficient (Wildman–Crippen LogP) is 1.84. The van der Waals surface area contributed by atoms with Gasteiger partial charge in [0.15, 0.2) is 15.5 Å². The van der Waals surface area contributed by atoms with Gasteiger partial charge >= 0.3 is 0 Å². The molecule has 1 atom stereocenters. The van der Waals surface area contributed by atoms with Crippen LogP contribution in [0.15, 0.2) is 23.1 Å². The molecule has 2 aromatic rings. The molecule has 3 saturated heterocycles. The van der Waals surface area contributed by atoms with Crippen LogP contribution in [0.25, 0.3) is 11.3 Å². The summed E-state index contributed by atoms with van der Waals surface area (Å²) in [6.45, 7) is 8.71. The number of halogens is 2. The van der Waals surface area contributed by atoms with Crippen molar-refractivity contribution in [3.8, 4) is 11.3 Å². The molecule has 0 spiro atoms. The van der Waals surface area contributed by atoms with Crippen molar-refractivity contribution in [3.05, 3.63) is 35.3 Å². The van der Waals surface area contributed by atoms with Crippen LogP contribution in [-0.2, 0) is 25.1 Å². The lowest BCUT2D eigenvalue weighted by Crippen LogP contribution is -2.44. The van der Waals surface area contributed by atoms with Crippen LogP contribution in [0.5, 0.6) is 0 Å². The first kappa shape index (κ1) is 28.4. The van der Waals surface area contributed by atoms with E-state index in [1.54, 1.807) is 11.0 Å². The Morgan fingerprint density at radius 3 is 2.44 bits per heavy atom.